The van der Waals surface area contributed by atoms with E-state index in [0.717, 1.165) is 12.2 Å². The molecule has 1 heterocycles. The number of aryl methyl sites for hydroxylation is 1. The van der Waals surface area contributed by atoms with Gasteiger partial charge in [0, 0.05) is 24.1 Å². The second-order valence-electron chi connectivity index (χ2n) is 5.87. The van der Waals surface area contributed by atoms with Crippen molar-refractivity contribution >= 4 is 11.7 Å². The van der Waals surface area contributed by atoms with Crippen LogP contribution < -0.4 is 10.6 Å². The maximum Gasteiger partial charge on any atom is 0.319 e. The van der Waals surface area contributed by atoms with E-state index in [1.807, 2.05) is 30.5 Å². The molecule has 0 atom stereocenters. The molecule has 3 rings (SSSR count). The fourth-order valence-corrected chi connectivity index (χ4v) is 2.61. The Labute approximate surface area is 146 Å². The number of rotatable bonds is 5. The minimum Gasteiger partial charge on any atom is -0.345 e. The monoisotopic (exact) mass is 337 g/mol. The maximum absolute atomic E-state index is 12.9. The third-order valence-electron chi connectivity index (χ3n) is 4.06. The molecule has 25 heavy (non-hydrogen) atoms. The first kappa shape index (κ1) is 16.8. The minimum atomic E-state index is -0.333. The average Bonchev–Trinajstić information content (AvgIpc) is 3.04. The highest BCUT2D eigenvalue weighted by Gasteiger charge is 2.06. The molecule has 0 saturated heterocycles. The van der Waals surface area contributed by atoms with Crippen LogP contribution in [0.4, 0.5) is 14.9 Å². The van der Waals surface area contributed by atoms with Gasteiger partial charge in [-0.3, -0.25) is 0 Å². The van der Waals surface area contributed by atoms with Crippen molar-refractivity contribution in [3.8, 4) is 0 Å². The molecule has 2 N–H and O–H groups in total. The summed E-state index contributed by atoms with van der Waals surface area (Å²) in [6.07, 6.45) is 2.00. The van der Waals surface area contributed by atoms with Crippen LogP contribution in [0.5, 0.6) is 0 Å². The Morgan fingerprint density at radius 2 is 1.80 bits per heavy atom. The van der Waals surface area contributed by atoms with E-state index in [1.54, 1.807) is 0 Å². The van der Waals surface area contributed by atoms with Crippen LogP contribution in [0.3, 0.4) is 0 Å². The molecule has 0 aliphatic carbocycles. The first-order valence-electron chi connectivity index (χ1n) is 8.11. The largest absolute Gasteiger partial charge is 0.345 e. The van der Waals surface area contributed by atoms with E-state index in [4.69, 9.17) is 0 Å². The fourth-order valence-electron chi connectivity index (χ4n) is 2.61. The van der Waals surface area contributed by atoms with Gasteiger partial charge >= 0.3 is 6.03 Å². The highest BCUT2D eigenvalue weighted by atomic mass is 19.1. The van der Waals surface area contributed by atoms with Crippen molar-refractivity contribution in [2.75, 3.05) is 5.32 Å². The van der Waals surface area contributed by atoms with Gasteiger partial charge in [-0.05, 0) is 54.4 Å². The second-order valence-corrected chi connectivity index (χ2v) is 5.87. The van der Waals surface area contributed by atoms with Gasteiger partial charge in [-0.1, -0.05) is 24.3 Å². The summed E-state index contributed by atoms with van der Waals surface area (Å²) in [7, 11) is 0. The van der Waals surface area contributed by atoms with E-state index >= 15 is 0 Å². The highest BCUT2D eigenvalue weighted by Crippen LogP contribution is 2.12. The van der Waals surface area contributed by atoms with Gasteiger partial charge in [-0.25, -0.2) is 9.18 Å². The molecule has 0 spiro atoms. The van der Waals surface area contributed by atoms with E-state index in [0.29, 0.717) is 12.2 Å². The number of nitrogens with zero attached hydrogens (tertiary/aromatic N) is 1. The summed E-state index contributed by atoms with van der Waals surface area (Å²) in [5.74, 6) is -0.333. The molecule has 0 saturated carbocycles. The Balaban J connectivity index is 1.59. The lowest BCUT2D eigenvalue weighted by Crippen LogP contribution is -2.29. The topological polar surface area (TPSA) is 46.1 Å². The number of aromatic nitrogens is 1. The SMILES string of the molecule is Cc1ccccc1Cn1cccc1CNC(=O)Nc1ccc(F)cc1. The Morgan fingerprint density at radius 1 is 1.04 bits per heavy atom. The molecule has 0 aliphatic rings. The molecular weight excluding hydrogens is 317 g/mol. The molecular formula is C20H20FN3O. The van der Waals surface area contributed by atoms with E-state index in [1.165, 1.54) is 35.4 Å². The second kappa shape index (κ2) is 7.66. The van der Waals surface area contributed by atoms with Crippen LogP contribution >= 0.6 is 0 Å². The Morgan fingerprint density at radius 3 is 2.56 bits per heavy atom. The smallest absolute Gasteiger partial charge is 0.319 e. The lowest BCUT2D eigenvalue weighted by Gasteiger charge is -2.12. The number of carbonyl (C=O) groups excluding carboxylic acids is 1. The first-order valence-corrected chi connectivity index (χ1v) is 8.11. The first-order chi connectivity index (χ1) is 12.1. The summed E-state index contributed by atoms with van der Waals surface area (Å²) in [4.78, 5) is 12.0. The van der Waals surface area contributed by atoms with E-state index in [-0.39, 0.29) is 11.8 Å². The number of amides is 2. The number of benzene rings is 2. The van der Waals surface area contributed by atoms with Crippen LogP contribution in [0, 0.1) is 12.7 Å². The van der Waals surface area contributed by atoms with Crippen molar-refractivity contribution in [3.05, 3.63) is 89.5 Å². The van der Waals surface area contributed by atoms with Gasteiger partial charge in [-0.2, -0.15) is 0 Å². The van der Waals surface area contributed by atoms with Gasteiger partial charge in [0.1, 0.15) is 5.82 Å². The number of nitrogens with one attached hydrogen (secondary N) is 2. The summed E-state index contributed by atoms with van der Waals surface area (Å²) in [5, 5.41) is 5.51. The quantitative estimate of drug-likeness (QED) is 0.716. The Hall–Kier alpha value is -3.08. The van der Waals surface area contributed by atoms with Crippen molar-refractivity contribution in [3.63, 3.8) is 0 Å². The molecule has 1 aromatic heterocycles. The van der Waals surface area contributed by atoms with Crippen LogP contribution in [0.25, 0.3) is 0 Å². The van der Waals surface area contributed by atoms with Gasteiger partial charge in [0.05, 0.1) is 6.54 Å². The molecule has 5 heteroatoms. The summed E-state index contributed by atoms with van der Waals surface area (Å²) in [5.41, 5.74) is 4.05. The predicted molar refractivity (Wildman–Crippen MR) is 97.0 cm³/mol. The summed E-state index contributed by atoms with van der Waals surface area (Å²) in [6.45, 7) is 3.26. The normalized spacial score (nSPS) is 10.5. The van der Waals surface area contributed by atoms with Gasteiger partial charge in [0.15, 0.2) is 0 Å². The van der Waals surface area contributed by atoms with Crippen molar-refractivity contribution in [2.24, 2.45) is 0 Å². The minimum absolute atomic E-state index is 0.324. The van der Waals surface area contributed by atoms with Gasteiger partial charge in [0.2, 0.25) is 0 Å². The predicted octanol–water partition coefficient (Wildman–Crippen LogP) is 4.31. The molecule has 2 amide bonds. The fraction of sp³-hybridized carbons (Fsp3) is 0.150. The zero-order valence-corrected chi connectivity index (χ0v) is 14.0. The molecule has 0 unspecified atom stereocenters. The van der Waals surface area contributed by atoms with Gasteiger partial charge in [0.25, 0.3) is 0 Å². The zero-order chi connectivity index (χ0) is 17.6. The summed E-state index contributed by atoms with van der Waals surface area (Å²) >= 11 is 0. The van der Waals surface area contributed by atoms with Crippen LogP contribution in [0.2, 0.25) is 0 Å². The van der Waals surface area contributed by atoms with Crippen LogP contribution in [0.15, 0.2) is 66.9 Å². The van der Waals surface area contributed by atoms with Gasteiger partial charge < -0.3 is 15.2 Å². The number of hydrogen-bond donors (Lipinski definition) is 2. The lowest BCUT2D eigenvalue weighted by molar-refractivity contribution is 0.251. The van der Waals surface area contributed by atoms with Crippen molar-refractivity contribution in [1.29, 1.82) is 0 Å². The average molecular weight is 337 g/mol. The van der Waals surface area contributed by atoms with Gasteiger partial charge in [-0.15, -0.1) is 0 Å². The molecule has 4 nitrogen and oxygen atoms in total. The highest BCUT2D eigenvalue weighted by molar-refractivity contribution is 5.89. The van der Waals surface area contributed by atoms with Crippen LogP contribution in [-0.4, -0.2) is 10.6 Å². The standard InChI is InChI=1S/C20H20FN3O/c1-15-5-2-3-6-16(15)14-24-12-4-7-19(24)13-22-20(25)23-18-10-8-17(21)9-11-18/h2-12H,13-14H2,1H3,(H2,22,23,25). The molecule has 0 aliphatic heterocycles. The van der Waals surface area contributed by atoms with Crippen LogP contribution in [0.1, 0.15) is 16.8 Å². The van der Waals surface area contributed by atoms with Crippen molar-refractivity contribution in [1.82, 2.24) is 9.88 Å². The molecule has 0 radical (unpaired) electrons. The van der Waals surface area contributed by atoms with E-state index < -0.39 is 0 Å². The summed E-state index contributed by atoms with van der Waals surface area (Å²) < 4.78 is 15.0. The van der Waals surface area contributed by atoms with Crippen molar-refractivity contribution < 1.29 is 9.18 Å². The number of urea groups is 1. The molecule has 2 aromatic carbocycles. The number of halogens is 1. The zero-order valence-electron chi connectivity index (χ0n) is 14.0. The molecule has 0 bridgehead atoms. The van der Waals surface area contributed by atoms with E-state index in [2.05, 4.69) is 34.3 Å². The number of anilines is 1. The van der Waals surface area contributed by atoms with Crippen molar-refractivity contribution in [2.45, 2.75) is 20.0 Å². The van der Waals surface area contributed by atoms with E-state index in [9.17, 15) is 9.18 Å². The molecule has 3 aromatic rings. The van der Waals surface area contributed by atoms with Crippen LogP contribution in [-0.2, 0) is 13.1 Å². The summed E-state index contributed by atoms with van der Waals surface area (Å²) in [6, 6.07) is 17.5. The lowest BCUT2D eigenvalue weighted by atomic mass is 10.1. The third-order valence-corrected chi connectivity index (χ3v) is 4.06. The third kappa shape index (κ3) is 4.47. The Bertz CT molecular complexity index is 855. The molecule has 128 valence electrons. The Kier molecular flexibility index (Phi) is 5.14. The molecule has 0 fully saturated rings. The number of carbonyl (C=O) groups is 1. The maximum atomic E-state index is 12.9. The number of hydrogen-bond acceptors (Lipinski definition) is 1.